The van der Waals surface area contributed by atoms with Crippen molar-refractivity contribution in [1.82, 2.24) is 24.8 Å². The smallest absolute Gasteiger partial charge is 0.422 e. The van der Waals surface area contributed by atoms with Crippen LogP contribution in [0, 0.1) is 0 Å². The second kappa shape index (κ2) is 10.6. The predicted molar refractivity (Wildman–Crippen MR) is 131 cm³/mol. The van der Waals surface area contributed by atoms with E-state index in [1.54, 1.807) is 29.0 Å². The van der Waals surface area contributed by atoms with Crippen molar-refractivity contribution >= 4 is 22.8 Å². The average molecular weight is 540 g/mol. The van der Waals surface area contributed by atoms with Gasteiger partial charge in [0.15, 0.2) is 6.61 Å². The lowest BCUT2D eigenvalue weighted by molar-refractivity contribution is -0.153. The summed E-state index contributed by atoms with van der Waals surface area (Å²) in [6.45, 7) is 0.674. The van der Waals surface area contributed by atoms with Gasteiger partial charge in [-0.1, -0.05) is 11.3 Å². The Morgan fingerprint density at radius 2 is 2.00 bits per heavy atom. The number of halogens is 4. The van der Waals surface area contributed by atoms with Crippen LogP contribution in [-0.4, -0.2) is 69.5 Å². The Morgan fingerprint density at radius 1 is 1.22 bits per heavy atom. The first-order valence-corrected chi connectivity index (χ1v) is 13.3. The number of amides is 1. The van der Waals surface area contributed by atoms with Gasteiger partial charge in [0.1, 0.15) is 5.67 Å². The molecule has 2 aliphatic rings. The van der Waals surface area contributed by atoms with Crippen LogP contribution in [-0.2, 0) is 12.8 Å². The molecular weight excluding hydrogens is 510 g/mol. The molecule has 0 spiro atoms. The summed E-state index contributed by atoms with van der Waals surface area (Å²) in [5.74, 6) is -0.163. The number of alkyl halides is 4. The monoisotopic (exact) mass is 539 g/mol. The van der Waals surface area contributed by atoms with Crippen LogP contribution in [0.3, 0.4) is 0 Å². The van der Waals surface area contributed by atoms with Crippen molar-refractivity contribution in [1.29, 1.82) is 0 Å². The summed E-state index contributed by atoms with van der Waals surface area (Å²) < 4.78 is 59.2. The molecule has 3 aromatic rings. The number of hydrogen-bond acceptors (Lipinski definition) is 6. The maximum Gasteiger partial charge on any atom is 0.422 e. The van der Waals surface area contributed by atoms with Crippen LogP contribution >= 0.6 is 11.3 Å². The Morgan fingerprint density at radius 3 is 2.78 bits per heavy atom. The van der Waals surface area contributed by atoms with Crippen LogP contribution in [0.25, 0.3) is 5.52 Å². The quantitative estimate of drug-likeness (QED) is 0.445. The van der Waals surface area contributed by atoms with E-state index in [9.17, 15) is 18.0 Å². The fourth-order valence-electron chi connectivity index (χ4n) is 5.10. The van der Waals surface area contributed by atoms with E-state index in [2.05, 4.69) is 20.3 Å². The van der Waals surface area contributed by atoms with Gasteiger partial charge in [0.25, 0.3) is 11.1 Å². The summed E-state index contributed by atoms with van der Waals surface area (Å²) >= 11 is 1.17. The lowest BCUT2D eigenvalue weighted by atomic mass is 9.81. The third-order valence-electron chi connectivity index (χ3n) is 7.21. The Kier molecular flexibility index (Phi) is 7.39. The van der Waals surface area contributed by atoms with Crippen LogP contribution in [0.2, 0.25) is 0 Å². The highest BCUT2D eigenvalue weighted by Gasteiger charge is 2.36. The molecule has 37 heavy (non-hydrogen) atoms. The molecule has 1 aliphatic heterocycles. The van der Waals surface area contributed by atoms with Crippen LogP contribution < -0.4 is 10.1 Å². The fraction of sp³-hybridized carbons (Fsp3) is 0.560. The van der Waals surface area contributed by atoms with Gasteiger partial charge < -0.3 is 15.0 Å². The Hall–Kier alpha value is -2.73. The molecule has 4 heterocycles. The molecule has 0 bridgehead atoms. The molecule has 0 atom stereocenters. The average Bonchev–Trinajstić information content (AvgIpc) is 3.43. The maximum absolute atomic E-state index is 15.6. The third kappa shape index (κ3) is 6.40. The molecule has 1 aliphatic carbocycles. The van der Waals surface area contributed by atoms with Gasteiger partial charge in [-0.2, -0.15) is 18.3 Å². The molecule has 0 unspecified atom stereocenters. The van der Waals surface area contributed by atoms with E-state index in [-0.39, 0.29) is 17.1 Å². The number of aromatic nitrogens is 3. The van der Waals surface area contributed by atoms with Gasteiger partial charge >= 0.3 is 6.18 Å². The number of nitrogens with one attached hydrogen (secondary N) is 1. The summed E-state index contributed by atoms with van der Waals surface area (Å²) in [5, 5.41) is 7.30. The summed E-state index contributed by atoms with van der Waals surface area (Å²) in [5.41, 5.74) is 0.820. The van der Waals surface area contributed by atoms with Gasteiger partial charge in [0, 0.05) is 49.4 Å². The highest BCUT2D eigenvalue weighted by Crippen LogP contribution is 2.36. The molecule has 1 N–H and O–H groups in total. The number of ether oxygens (including phenoxy) is 1. The molecule has 0 radical (unpaired) electrons. The minimum absolute atomic E-state index is 0.0583. The van der Waals surface area contributed by atoms with E-state index >= 15 is 4.39 Å². The molecule has 200 valence electrons. The predicted octanol–water partition coefficient (Wildman–Crippen LogP) is 4.60. The minimum atomic E-state index is -4.39. The maximum atomic E-state index is 15.6. The number of carbonyl (C=O) groups excluding carboxylic acids is 1. The molecule has 7 nitrogen and oxygen atoms in total. The van der Waals surface area contributed by atoms with E-state index < -0.39 is 18.5 Å². The molecule has 1 fully saturated rings. The zero-order valence-electron chi connectivity index (χ0n) is 20.3. The molecular formula is C25H29F4N5O2S. The number of thiazole rings is 1. The summed E-state index contributed by atoms with van der Waals surface area (Å²) in [7, 11) is 0. The van der Waals surface area contributed by atoms with Gasteiger partial charge in [-0.25, -0.2) is 13.9 Å². The molecule has 5 rings (SSSR count). The van der Waals surface area contributed by atoms with Gasteiger partial charge in [0.2, 0.25) is 0 Å². The van der Waals surface area contributed by atoms with Crippen molar-refractivity contribution in [3.63, 3.8) is 0 Å². The molecule has 0 saturated heterocycles. The highest BCUT2D eigenvalue weighted by atomic mass is 32.1. The van der Waals surface area contributed by atoms with Crippen LogP contribution in [0.15, 0.2) is 30.6 Å². The number of carbonyl (C=O) groups is 1. The Balaban J connectivity index is 1.06. The Labute approximate surface area is 215 Å². The highest BCUT2D eigenvalue weighted by molar-refractivity contribution is 7.13. The summed E-state index contributed by atoms with van der Waals surface area (Å²) in [4.78, 5) is 20.2. The van der Waals surface area contributed by atoms with Crippen molar-refractivity contribution in [2.75, 3.05) is 26.2 Å². The van der Waals surface area contributed by atoms with Crippen molar-refractivity contribution < 1.29 is 27.1 Å². The fourth-order valence-corrected chi connectivity index (χ4v) is 6.05. The number of hydrogen-bond donors (Lipinski definition) is 1. The molecule has 0 aromatic carbocycles. The third-order valence-corrected chi connectivity index (χ3v) is 8.28. The standard InChI is InChI=1S/C25H29F4N5O2S/c26-24(8-3-17(4-9-24)31-22(35)18-5-14-34-20(18)2-1-11-30-34)10-15-33-12-6-19-21(7-13-33)37-23(32-19)36-16-25(27,28)29/h1-2,5,11,14,17H,3-4,6-10,12-13,15-16H2,(H,31,35)/t17-,24+. The molecule has 1 saturated carbocycles. The number of rotatable bonds is 7. The first-order valence-electron chi connectivity index (χ1n) is 12.5. The van der Waals surface area contributed by atoms with Crippen LogP contribution in [0.1, 0.15) is 53.0 Å². The molecule has 1 amide bonds. The van der Waals surface area contributed by atoms with E-state index in [1.807, 2.05) is 6.07 Å². The lowest BCUT2D eigenvalue weighted by Crippen LogP contribution is -2.43. The molecule has 12 heteroatoms. The van der Waals surface area contributed by atoms with E-state index in [0.717, 1.165) is 16.1 Å². The topological polar surface area (TPSA) is 71.8 Å². The lowest BCUT2D eigenvalue weighted by Gasteiger charge is -2.35. The van der Waals surface area contributed by atoms with Gasteiger partial charge in [-0.15, -0.1) is 0 Å². The zero-order chi connectivity index (χ0) is 26.0. The minimum Gasteiger partial charge on any atom is -0.460 e. The van der Waals surface area contributed by atoms with Crippen molar-refractivity contribution in [3.05, 3.63) is 46.7 Å². The van der Waals surface area contributed by atoms with Gasteiger partial charge in [-0.05, 0) is 56.7 Å². The van der Waals surface area contributed by atoms with E-state index in [4.69, 9.17) is 4.74 Å². The number of fused-ring (bicyclic) bond motifs is 2. The Bertz CT molecular complexity index is 1210. The molecule has 3 aromatic heterocycles. The SMILES string of the molecule is O=C(N[C@H]1CC[C@](F)(CCN2CCc3nc(OCC(F)(F)F)sc3CC2)CC1)c1ccn2ncccc12. The van der Waals surface area contributed by atoms with Gasteiger partial charge in [0.05, 0.1) is 16.8 Å². The first kappa shape index (κ1) is 25.9. The van der Waals surface area contributed by atoms with E-state index in [1.165, 1.54) is 11.3 Å². The normalized spacial score (nSPS) is 23.0. The first-order chi connectivity index (χ1) is 17.7. The van der Waals surface area contributed by atoms with Gasteiger partial charge in [-0.3, -0.25) is 4.79 Å². The van der Waals surface area contributed by atoms with Crippen LogP contribution in [0.4, 0.5) is 17.6 Å². The van der Waals surface area contributed by atoms with Crippen molar-refractivity contribution in [3.8, 4) is 5.19 Å². The number of nitrogens with zero attached hydrogens (tertiary/aromatic N) is 4. The van der Waals surface area contributed by atoms with Crippen molar-refractivity contribution in [2.45, 2.75) is 62.8 Å². The second-order valence-electron chi connectivity index (χ2n) is 9.83. The van der Waals surface area contributed by atoms with Crippen molar-refractivity contribution in [2.24, 2.45) is 0 Å². The second-order valence-corrected chi connectivity index (χ2v) is 10.9. The van der Waals surface area contributed by atoms with E-state index in [0.29, 0.717) is 70.1 Å². The summed E-state index contributed by atoms with van der Waals surface area (Å²) in [6, 6.07) is 5.31. The van der Waals surface area contributed by atoms with Crippen LogP contribution in [0.5, 0.6) is 5.19 Å². The zero-order valence-corrected chi connectivity index (χ0v) is 21.1. The largest absolute Gasteiger partial charge is 0.460 e. The summed E-state index contributed by atoms with van der Waals surface area (Å²) in [6.07, 6.45) is 2.70.